The Morgan fingerprint density at radius 2 is 1.90 bits per heavy atom. The monoisotopic (exact) mass is 427 g/mol. The van der Waals surface area contributed by atoms with E-state index in [2.05, 4.69) is 31.7 Å². The molecule has 1 amide bonds. The minimum atomic E-state index is 0.292. The maximum atomic E-state index is 12.9. The summed E-state index contributed by atoms with van der Waals surface area (Å²) < 4.78 is 5.40. The lowest BCUT2D eigenvalue weighted by Crippen LogP contribution is -2.55. The van der Waals surface area contributed by atoms with Gasteiger partial charge in [0.05, 0.1) is 19.2 Å². The predicted octanol–water partition coefficient (Wildman–Crippen LogP) is 1.75. The SMILES string of the molecule is COC[C@H]1CCCN1c1ccc2c(n1)CCN(CC(=O)N1CCN(C3CCC3)CC1)C2. The van der Waals surface area contributed by atoms with Crippen molar-refractivity contribution < 1.29 is 9.53 Å². The van der Waals surface area contributed by atoms with Gasteiger partial charge in [-0.25, -0.2) is 4.98 Å². The number of amides is 1. The fourth-order valence-electron chi connectivity index (χ4n) is 5.64. The molecule has 7 heteroatoms. The highest BCUT2D eigenvalue weighted by molar-refractivity contribution is 5.78. The highest BCUT2D eigenvalue weighted by Crippen LogP contribution is 2.28. The zero-order valence-electron chi connectivity index (χ0n) is 19.0. The fraction of sp³-hybridized carbons (Fsp3) is 0.750. The van der Waals surface area contributed by atoms with E-state index in [0.717, 1.165) is 70.7 Å². The molecule has 5 rings (SSSR count). The average molecular weight is 428 g/mol. The Kier molecular flexibility index (Phi) is 6.44. The molecule has 2 saturated heterocycles. The van der Waals surface area contributed by atoms with E-state index in [4.69, 9.17) is 9.72 Å². The van der Waals surface area contributed by atoms with Crippen molar-refractivity contribution in [3.05, 3.63) is 23.4 Å². The van der Waals surface area contributed by atoms with Crippen LogP contribution in [-0.2, 0) is 22.5 Å². The maximum absolute atomic E-state index is 12.9. The molecule has 4 aliphatic rings. The van der Waals surface area contributed by atoms with Crippen LogP contribution in [0.3, 0.4) is 0 Å². The van der Waals surface area contributed by atoms with Gasteiger partial charge < -0.3 is 14.5 Å². The standard InChI is InChI=1S/C24H37N5O2/c1-31-18-21-6-3-10-29(21)23-8-7-19-16-26(11-9-22(19)25-23)17-24(30)28-14-12-27(13-15-28)20-4-2-5-20/h7-8,20-21H,2-6,9-18H2,1H3/t21-/m1/s1. The average Bonchev–Trinajstić information content (AvgIpc) is 3.21. The van der Waals surface area contributed by atoms with Crippen molar-refractivity contribution in [2.45, 2.75) is 57.2 Å². The van der Waals surface area contributed by atoms with E-state index in [1.165, 1.54) is 43.4 Å². The third-order valence-electron chi connectivity index (χ3n) is 7.76. The molecule has 1 aliphatic carbocycles. The summed E-state index contributed by atoms with van der Waals surface area (Å²) in [6.45, 7) is 7.99. The fourth-order valence-corrected chi connectivity index (χ4v) is 5.64. The van der Waals surface area contributed by atoms with E-state index in [-0.39, 0.29) is 0 Å². The summed E-state index contributed by atoms with van der Waals surface area (Å²) >= 11 is 0. The zero-order valence-corrected chi connectivity index (χ0v) is 19.0. The number of aromatic nitrogens is 1. The van der Waals surface area contributed by atoms with Crippen molar-refractivity contribution in [3.63, 3.8) is 0 Å². The number of carbonyl (C=O) groups is 1. The van der Waals surface area contributed by atoms with Crippen LogP contribution in [0.4, 0.5) is 5.82 Å². The molecule has 4 heterocycles. The molecule has 0 unspecified atom stereocenters. The first-order valence-electron chi connectivity index (χ1n) is 12.2. The molecule has 170 valence electrons. The van der Waals surface area contributed by atoms with E-state index >= 15 is 0 Å². The topological polar surface area (TPSA) is 52.2 Å². The van der Waals surface area contributed by atoms with Crippen LogP contribution < -0.4 is 4.90 Å². The smallest absolute Gasteiger partial charge is 0.236 e. The lowest BCUT2D eigenvalue weighted by molar-refractivity contribution is -0.135. The molecule has 0 bridgehead atoms. The number of pyridine rings is 1. The molecule has 31 heavy (non-hydrogen) atoms. The Balaban J connectivity index is 1.14. The Labute approximate surface area is 186 Å². The van der Waals surface area contributed by atoms with Gasteiger partial charge in [-0.15, -0.1) is 0 Å². The van der Waals surface area contributed by atoms with Crippen molar-refractivity contribution >= 4 is 11.7 Å². The number of methoxy groups -OCH3 is 1. The van der Waals surface area contributed by atoms with Gasteiger partial charge in [0.2, 0.25) is 5.91 Å². The third kappa shape index (κ3) is 4.59. The summed E-state index contributed by atoms with van der Waals surface area (Å²) in [5, 5.41) is 0. The van der Waals surface area contributed by atoms with Crippen LogP contribution in [-0.4, -0.2) is 97.2 Å². The largest absolute Gasteiger partial charge is 0.383 e. The van der Waals surface area contributed by atoms with Crippen molar-refractivity contribution in [1.82, 2.24) is 19.7 Å². The van der Waals surface area contributed by atoms with E-state index in [0.29, 0.717) is 18.5 Å². The minimum Gasteiger partial charge on any atom is -0.383 e. The summed E-state index contributed by atoms with van der Waals surface area (Å²) in [5.41, 5.74) is 2.48. The molecule has 0 aromatic carbocycles. The molecule has 3 fully saturated rings. The van der Waals surface area contributed by atoms with Crippen molar-refractivity contribution in [3.8, 4) is 0 Å². The Hall–Kier alpha value is -1.70. The number of ether oxygens (including phenoxy) is 1. The third-order valence-corrected chi connectivity index (χ3v) is 7.76. The second-order valence-electron chi connectivity index (χ2n) is 9.68. The van der Waals surface area contributed by atoms with Gasteiger partial charge >= 0.3 is 0 Å². The molecule has 1 aromatic heterocycles. The first kappa shape index (κ1) is 21.2. The van der Waals surface area contributed by atoms with Crippen LogP contribution in [0, 0.1) is 0 Å². The van der Waals surface area contributed by atoms with Crippen LogP contribution in [0.1, 0.15) is 43.4 Å². The van der Waals surface area contributed by atoms with Gasteiger partial charge in [0.1, 0.15) is 5.82 Å². The van der Waals surface area contributed by atoms with Gasteiger partial charge in [-0.3, -0.25) is 14.6 Å². The molecule has 0 spiro atoms. The van der Waals surface area contributed by atoms with Crippen molar-refractivity contribution in [1.29, 1.82) is 0 Å². The number of hydrogen-bond acceptors (Lipinski definition) is 6. The Morgan fingerprint density at radius 3 is 2.65 bits per heavy atom. The molecule has 3 aliphatic heterocycles. The zero-order chi connectivity index (χ0) is 21.2. The summed E-state index contributed by atoms with van der Waals surface area (Å²) in [6, 6.07) is 5.63. The van der Waals surface area contributed by atoms with Crippen molar-refractivity contribution in [2.75, 3.05) is 64.4 Å². The second-order valence-corrected chi connectivity index (χ2v) is 9.68. The number of anilines is 1. The quantitative estimate of drug-likeness (QED) is 0.690. The van der Waals surface area contributed by atoms with Crippen LogP contribution in [0.25, 0.3) is 0 Å². The van der Waals surface area contributed by atoms with E-state index in [1.807, 2.05) is 0 Å². The van der Waals surface area contributed by atoms with E-state index in [1.54, 1.807) is 7.11 Å². The van der Waals surface area contributed by atoms with Gasteiger partial charge in [-0.05, 0) is 37.3 Å². The second kappa shape index (κ2) is 9.43. The molecule has 1 saturated carbocycles. The van der Waals surface area contributed by atoms with Gasteiger partial charge in [-0.1, -0.05) is 12.5 Å². The minimum absolute atomic E-state index is 0.292. The highest BCUT2D eigenvalue weighted by atomic mass is 16.5. The number of hydrogen-bond donors (Lipinski definition) is 0. The van der Waals surface area contributed by atoms with Gasteiger partial charge in [0, 0.05) is 71.1 Å². The summed E-state index contributed by atoms with van der Waals surface area (Å²) in [4.78, 5) is 27.3. The molecule has 0 N–H and O–H groups in total. The number of nitrogens with zero attached hydrogens (tertiary/aromatic N) is 5. The molecule has 1 aromatic rings. The van der Waals surface area contributed by atoms with Crippen LogP contribution >= 0.6 is 0 Å². The lowest BCUT2D eigenvalue weighted by atomic mass is 9.91. The van der Waals surface area contributed by atoms with E-state index < -0.39 is 0 Å². The van der Waals surface area contributed by atoms with E-state index in [9.17, 15) is 4.79 Å². The summed E-state index contributed by atoms with van der Waals surface area (Å²) in [6.07, 6.45) is 7.38. The van der Waals surface area contributed by atoms with Crippen LogP contribution in [0.5, 0.6) is 0 Å². The van der Waals surface area contributed by atoms with Gasteiger partial charge in [-0.2, -0.15) is 0 Å². The van der Waals surface area contributed by atoms with Crippen LogP contribution in [0.2, 0.25) is 0 Å². The first-order chi connectivity index (χ1) is 15.2. The normalized spacial score (nSPS) is 25.5. The number of rotatable bonds is 6. The molecule has 0 radical (unpaired) electrons. The molecule has 1 atom stereocenters. The Bertz CT molecular complexity index is 775. The Morgan fingerprint density at radius 1 is 1.06 bits per heavy atom. The highest BCUT2D eigenvalue weighted by Gasteiger charge is 2.31. The predicted molar refractivity (Wildman–Crippen MR) is 121 cm³/mol. The van der Waals surface area contributed by atoms with Gasteiger partial charge in [0.15, 0.2) is 0 Å². The van der Waals surface area contributed by atoms with Gasteiger partial charge in [0.25, 0.3) is 0 Å². The molecular formula is C24H37N5O2. The first-order valence-corrected chi connectivity index (χ1v) is 12.2. The van der Waals surface area contributed by atoms with Crippen LogP contribution in [0.15, 0.2) is 12.1 Å². The molecule has 7 nitrogen and oxygen atoms in total. The number of piperazine rings is 1. The maximum Gasteiger partial charge on any atom is 0.236 e. The van der Waals surface area contributed by atoms with Crippen molar-refractivity contribution in [2.24, 2.45) is 0 Å². The summed E-state index contributed by atoms with van der Waals surface area (Å²) in [7, 11) is 1.78. The number of carbonyl (C=O) groups excluding carboxylic acids is 1. The molecular weight excluding hydrogens is 390 g/mol. The summed E-state index contributed by atoms with van der Waals surface area (Å²) in [5.74, 6) is 1.38. The lowest BCUT2D eigenvalue weighted by Gasteiger charge is -2.43. The number of fused-ring (bicyclic) bond motifs is 1.